The van der Waals surface area contributed by atoms with Gasteiger partial charge in [-0.2, -0.15) is 0 Å². The molecule has 4 amide bonds. The summed E-state index contributed by atoms with van der Waals surface area (Å²) in [7, 11) is 0. The van der Waals surface area contributed by atoms with Crippen molar-refractivity contribution in [3.8, 4) is 0 Å². The third-order valence-electron chi connectivity index (χ3n) is 5.26. The Kier molecular flexibility index (Phi) is 9.05. The number of benzene rings is 1. The Hall–Kier alpha value is -3.14. The summed E-state index contributed by atoms with van der Waals surface area (Å²) in [6.07, 6.45) is 3.12. The predicted molar refractivity (Wildman–Crippen MR) is 129 cm³/mol. The Morgan fingerprint density at radius 2 is 1.73 bits per heavy atom. The minimum absolute atomic E-state index is 0.127. The highest BCUT2D eigenvalue weighted by Gasteiger charge is 2.25. The summed E-state index contributed by atoms with van der Waals surface area (Å²) in [4.78, 5) is 44.2. The minimum atomic E-state index is -0.354. The summed E-state index contributed by atoms with van der Waals surface area (Å²) in [5.74, 6) is -0.158. The van der Waals surface area contributed by atoms with Gasteiger partial charge in [-0.3, -0.25) is 10.1 Å². The average Bonchev–Trinajstić information content (AvgIpc) is 3.25. The molecule has 2 N–H and O–H groups in total. The number of aryl methyl sites for hydroxylation is 1. The van der Waals surface area contributed by atoms with Crippen LogP contribution in [-0.2, 0) is 22.4 Å². The maximum atomic E-state index is 12.5. The molecule has 0 bridgehead atoms. The lowest BCUT2D eigenvalue weighted by atomic mass is 10.1. The van der Waals surface area contributed by atoms with Crippen molar-refractivity contribution in [2.45, 2.75) is 39.5 Å². The molecule has 1 fully saturated rings. The highest BCUT2D eigenvalue weighted by Crippen LogP contribution is 2.18. The van der Waals surface area contributed by atoms with E-state index in [1.807, 2.05) is 24.3 Å². The molecule has 0 saturated carbocycles. The standard InChI is InChI=1S/C23H31N5O4S/c1-3-5-6-17-7-9-18(10-8-17)24-20(29)15-19-16-33-21(25-19)26-22(30)27-11-13-28(14-12-27)23(31)32-4-2/h7-10,16H,3-6,11-15H2,1-2H3,(H,24,29)(H,25,26,30). The smallest absolute Gasteiger partial charge is 0.409 e. The van der Waals surface area contributed by atoms with E-state index in [0.29, 0.717) is 43.6 Å². The normalized spacial score (nSPS) is 13.5. The van der Waals surface area contributed by atoms with E-state index in [2.05, 4.69) is 22.5 Å². The van der Waals surface area contributed by atoms with E-state index >= 15 is 0 Å². The summed E-state index contributed by atoms with van der Waals surface area (Å²) in [6.45, 7) is 5.95. The number of unbranched alkanes of at least 4 members (excludes halogenated alkanes) is 1. The molecule has 10 heteroatoms. The number of aromatic nitrogens is 1. The quantitative estimate of drug-likeness (QED) is 0.604. The van der Waals surface area contributed by atoms with Gasteiger partial charge in [-0.25, -0.2) is 14.6 Å². The van der Waals surface area contributed by atoms with Crippen LogP contribution >= 0.6 is 11.3 Å². The molecule has 0 unspecified atom stereocenters. The van der Waals surface area contributed by atoms with Crippen molar-refractivity contribution in [3.63, 3.8) is 0 Å². The first-order valence-corrected chi connectivity index (χ1v) is 12.2. The van der Waals surface area contributed by atoms with Crippen LogP contribution in [0.4, 0.5) is 20.4 Å². The molecule has 9 nitrogen and oxygen atoms in total. The monoisotopic (exact) mass is 473 g/mol. The van der Waals surface area contributed by atoms with Gasteiger partial charge in [0.15, 0.2) is 5.13 Å². The van der Waals surface area contributed by atoms with Gasteiger partial charge in [-0.15, -0.1) is 11.3 Å². The van der Waals surface area contributed by atoms with Crippen molar-refractivity contribution in [2.75, 3.05) is 43.4 Å². The fourth-order valence-electron chi connectivity index (χ4n) is 3.43. The number of thiazole rings is 1. The topological polar surface area (TPSA) is 104 Å². The molecule has 1 saturated heterocycles. The van der Waals surface area contributed by atoms with Crippen molar-refractivity contribution in [1.82, 2.24) is 14.8 Å². The Bertz CT molecular complexity index is 939. The molecule has 2 heterocycles. The number of nitrogens with zero attached hydrogens (tertiary/aromatic N) is 3. The van der Waals surface area contributed by atoms with E-state index in [4.69, 9.17) is 4.74 Å². The van der Waals surface area contributed by atoms with Crippen LogP contribution < -0.4 is 10.6 Å². The van der Waals surface area contributed by atoms with Crippen LogP contribution in [0.25, 0.3) is 0 Å². The Morgan fingerprint density at radius 3 is 2.39 bits per heavy atom. The van der Waals surface area contributed by atoms with Gasteiger partial charge in [-0.05, 0) is 37.5 Å². The molecule has 1 aliphatic rings. The van der Waals surface area contributed by atoms with Gasteiger partial charge in [0.1, 0.15) is 0 Å². The van der Waals surface area contributed by atoms with Crippen LogP contribution in [0.1, 0.15) is 37.9 Å². The Labute approximate surface area is 198 Å². The van der Waals surface area contributed by atoms with Crippen LogP contribution in [0.15, 0.2) is 29.6 Å². The van der Waals surface area contributed by atoms with Crippen molar-refractivity contribution in [2.24, 2.45) is 0 Å². The van der Waals surface area contributed by atoms with E-state index in [-0.39, 0.29) is 24.5 Å². The molecular weight excluding hydrogens is 442 g/mol. The molecule has 33 heavy (non-hydrogen) atoms. The van der Waals surface area contributed by atoms with E-state index in [9.17, 15) is 14.4 Å². The lowest BCUT2D eigenvalue weighted by Gasteiger charge is -2.33. The highest BCUT2D eigenvalue weighted by molar-refractivity contribution is 7.13. The fraction of sp³-hybridized carbons (Fsp3) is 0.478. The van der Waals surface area contributed by atoms with Crippen LogP contribution in [0, 0.1) is 0 Å². The Balaban J connectivity index is 1.43. The maximum absolute atomic E-state index is 12.5. The van der Waals surface area contributed by atoms with Crippen LogP contribution in [0.3, 0.4) is 0 Å². The largest absolute Gasteiger partial charge is 0.450 e. The van der Waals surface area contributed by atoms with Crippen LogP contribution in [0.5, 0.6) is 0 Å². The number of ether oxygens (including phenoxy) is 1. The number of urea groups is 1. The first kappa shape index (κ1) is 24.5. The first-order chi connectivity index (χ1) is 16.0. The third kappa shape index (κ3) is 7.45. The van der Waals surface area contributed by atoms with E-state index in [0.717, 1.165) is 24.9 Å². The lowest BCUT2D eigenvalue weighted by molar-refractivity contribution is -0.115. The van der Waals surface area contributed by atoms with Crippen LogP contribution in [0.2, 0.25) is 0 Å². The molecule has 0 aliphatic carbocycles. The summed E-state index contributed by atoms with van der Waals surface area (Å²) < 4.78 is 4.99. The predicted octanol–water partition coefficient (Wildman–Crippen LogP) is 3.97. The van der Waals surface area contributed by atoms with Gasteiger partial charge in [0.25, 0.3) is 0 Å². The average molecular weight is 474 g/mol. The van der Waals surface area contributed by atoms with Gasteiger partial charge >= 0.3 is 12.1 Å². The zero-order valence-electron chi connectivity index (χ0n) is 19.1. The van der Waals surface area contributed by atoms with Gasteiger partial charge in [-0.1, -0.05) is 25.5 Å². The summed E-state index contributed by atoms with van der Waals surface area (Å²) in [6, 6.07) is 7.63. The molecule has 0 atom stereocenters. The lowest BCUT2D eigenvalue weighted by Crippen LogP contribution is -2.51. The number of piperazine rings is 1. The van der Waals surface area contributed by atoms with Gasteiger partial charge < -0.3 is 19.9 Å². The minimum Gasteiger partial charge on any atom is -0.450 e. The van der Waals surface area contributed by atoms with E-state index in [1.165, 1.54) is 16.9 Å². The molecule has 178 valence electrons. The number of amides is 4. The zero-order valence-corrected chi connectivity index (χ0v) is 20.0. The second-order valence-corrected chi connectivity index (χ2v) is 8.63. The summed E-state index contributed by atoms with van der Waals surface area (Å²) in [5.41, 5.74) is 2.61. The van der Waals surface area contributed by atoms with Crippen molar-refractivity contribution < 1.29 is 19.1 Å². The number of carbonyl (C=O) groups excluding carboxylic acids is 3. The summed E-state index contributed by atoms with van der Waals surface area (Å²) >= 11 is 1.28. The molecule has 0 radical (unpaired) electrons. The second-order valence-electron chi connectivity index (χ2n) is 7.77. The van der Waals surface area contributed by atoms with Gasteiger partial charge in [0.05, 0.1) is 18.7 Å². The molecular formula is C23H31N5O4S. The SMILES string of the molecule is CCCCc1ccc(NC(=O)Cc2csc(NC(=O)N3CCN(C(=O)OCC)CC3)n2)cc1. The number of rotatable bonds is 8. The van der Waals surface area contributed by atoms with Crippen molar-refractivity contribution >= 4 is 40.2 Å². The van der Waals surface area contributed by atoms with Gasteiger partial charge in [0, 0.05) is 37.2 Å². The number of nitrogens with one attached hydrogen (secondary N) is 2. The number of anilines is 2. The number of hydrogen-bond acceptors (Lipinski definition) is 6. The second kappa shape index (κ2) is 12.2. The Morgan fingerprint density at radius 1 is 1.03 bits per heavy atom. The molecule has 1 aromatic heterocycles. The zero-order chi connectivity index (χ0) is 23.6. The summed E-state index contributed by atoms with van der Waals surface area (Å²) in [5, 5.41) is 7.87. The molecule has 2 aromatic rings. The number of hydrogen-bond donors (Lipinski definition) is 2. The van der Waals surface area contributed by atoms with Gasteiger partial charge in [0.2, 0.25) is 5.91 Å². The maximum Gasteiger partial charge on any atom is 0.409 e. The molecule has 0 spiro atoms. The molecule has 3 rings (SSSR count). The van der Waals surface area contributed by atoms with Crippen LogP contribution in [-0.4, -0.2) is 65.6 Å². The highest BCUT2D eigenvalue weighted by atomic mass is 32.1. The van der Waals surface area contributed by atoms with E-state index < -0.39 is 0 Å². The molecule has 1 aromatic carbocycles. The number of carbonyl (C=O) groups is 3. The molecule has 1 aliphatic heterocycles. The van der Waals surface area contributed by atoms with E-state index in [1.54, 1.807) is 22.1 Å². The van der Waals surface area contributed by atoms with Crippen molar-refractivity contribution in [3.05, 3.63) is 40.9 Å². The van der Waals surface area contributed by atoms with Crippen molar-refractivity contribution in [1.29, 1.82) is 0 Å². The third-order valence-corrected chi connectivity index (χ3v) is 6.06. The first-order valence-electron chi connectivity index (χ1n) is 11.3. The fourth-order valence-corrected chi connectivity index (χ4v) is 4.13.